The van der Waals surface area contributed by atoms with Crippen molar-refractivity contribution < 1.29 is 19.4 Å². The lowest BCUT2D eigenvalue weighted by Gasteiger charge is -2.25. The highest BCUT2D eigenvalue weighted by Crippen LogP contribution is 2.30. The number of ether oxygens (including phenoxy) is 1. The average Bonchev–Trinajstić information content (AvgIpc) is 2.84. The third-order valence-electron chi connectivity index (χ3n) is 3.82. The van der Waals surface area contributed by atoms with E-state index in [9.17, 15) is 9.59 Å². The number of methoxy groups -OCH3 is 1. The molecule has 1 saturated carbocycles. The van der Waals surface area contributed by atoms with E-state index in [1.807, 2.05) is 6.92 Å². The smallest absolute Gasteiger partial charge is 0.335 e. The molecule has 0 radical (unpaired) electrons. The highest BCUT2D eigenvalue weighted by atomic mass is 16.5. The van der Waals surface area contributed by atoms with Crippen molar-refractivity contribution in [1.29, 1.82) is 0 Å². The SMILES string of the molecule is COc1ccc(C(=O)O)cc1NC(=O)NC1(C)CCCC1. The molecule has 1 aliphatic rings. The first kappa shape index (κ1) is 15.2. The molecule has 21 heavy (non-hydrogen) atoms. The number of carboxylic acids is 1. The number of hydrogen-bond acceptors (Lipinski definition) is 3. The van der Waals surface area contributed by atoms with Crippen molar-refractivity contribution in [3.05, 3.63) is 23.8 Å². The van der Waals surface area contributed by atoms with E-state index in [-0.39, 0.29) is 17.1 Å². The van der Waals surface area contributed by atoms with Crippen LogP contribution in [0.25, 0.3) is 0 Å². The highest BCUT2D eigenvalue weighted by molar-refractivity contribution is 5.95. The van der Waals surface area contributed by atoms with Crippen molar-refractivity contribution in [2.24, 2.45) is 0 Å². The predicted molar refractivity (Wildman–Crippen MR) is 79.0 cm³/mol. The van der Waals surface area contributed by atoms with Gasteiger partial charge in [0.15, 0.2) is 0 Å². The molecule has 2 rings (SSSR count). The Morgan fingerprint density at radius 3 is 2.52 bits per heavy atom. The van der Waals surface area contributed by atoms with Crippen LogP contribution in [0.3, 0.4) is 0 Å². The molecule has 1 aromatic rings. The Bertz CT molecular complexity index is 551. The van der Waals surface area contributed by atoms with E-state index in [4.69, 9.17) is 9.84 Å². The van der Waals surface area contributed by atoms with Gasteiger partial charge in [0.05, 0.1) is 18.4 Å². The molecule has 0 saturated heterocycles. The van der Waals surface area contributed by atoms with Gasteiger partial charge < -0.3 is 20.5 Å². The van der Waals surface area contributed by atoms with Gasteiger partial charge in [-0.15, -0.1) is 0 Å². The first-order valence-electron chi connectivity index (χ1n) is 6.94. The van der Waals surface area contributed by atoms with Crippen molar-refractivity contribution >= 4 is 17.7 Å². The van der Waals surface area contributed by atoms with E-state index >= 15 is 0 Å². The third-order valence-corrected chi connectivity index (χ3v) is 3.82. The van der Waals surface area contributed by atoms with Crippen LogP contribution < -0.4 is 15.4 Å². The van der Waals surface area contributed by atoms with Gasteiger partial charge in [-0.05, 0) is 38.0 Å². The zero-order chi connectivity index (χ0) is 15.5. The summed E-state index contributed by atoms with van der Waals surface area (Å²) in [5, 5.41) is 14.6. The van der Waals surface area contributed by atoms with Gasteiger partial charge in [0.1, 0.15) is 5.75 Å². The maximum atomic E-state index is 12.1. The number of hydrogen-bond donors (Lipinski definition) is 3. The van der Waals surface area contributed by atoms with Crippen LogP contribution in [0.5, 0.6) is 5.75 Å². The Morgan fingerprint density at radius 1 is 1.29 bits per heavy atom. The first-order chi connectivity index (χ1) is 9.93. The molecular weight excluding hydrogens is 272 g/mol. The lowest BCUT2D eigenvalue weighted by Crippen LogP contribution is -2.45. The van der Waals surface area contributed by atoms with Gasteiger partial charge in [-0.1, -0.05) is 12.8 Å². The summed E-state index contributed by atoms with van der Waals surface area (Å²) in [7, 11) is 1.47. The summed E-state index contributed by atoms with van der Waals surface area (Å²) in [6.45, 7) is 2.02. The van der Waals surface area contributed by atoms with Gasteiger partial charge in [0, 0.05) is 5.54 Å². The Kier molecular flexibility index (Phi) is 4.35. The molecule has 6 heteroatoms. The Labute approximate surface area is 123 Å². The normalized spacial score (nSPS) is 16.3. The predicted octanol–water partition coefficient (Wildman–Crippen LogP) is 2.85. The van der Waals surface area contributed by atoms with E-state index in [0.29, 0.717) is 11.4 Å². The second-order valence-electron chi connectivity index (χ2n) is 5.57. The second-order valence-corrected chi connectivity index (χ2v) is 5.57. The second kappa shape index (κ2) is 6.03. The number of amides is 2. The lowest BCUT2D eigenvalue weighted by molar-refractivity contribution is 0.0697. The number of carbonyl (C=O) groups excluding carboxylic acids is 1. The molecule has 0 aliphatic heterocycles. The van der Waals surface area contributed by atoms with E-state index in [1.165, 1.54) is 25.3 Å². The minimum atomic E-state index is -1.05. The van der Waals surface area contributed by atoms with Crippen LogP contribution in [0.2, 0.25) is 0 Å². The van der Waals surface area contributed by atoms with Gasteiger partial charge in [-0.2, -0.15) is 0 Å². The first-order valence-corrected chi connectivity index (χ1v) is 6.94. The molecule has 0 spiro atoms. The van der Waals surface area contributed by atoms with Crippen LogP contribution in [0, 0.1) is 0 Å². The van der Waals surface area contributed by atoms with Crippen LogP contribution in [0.1, 0.15) is 43.0 Å². The number of urea groups is 1. The van der Waals surface area contributed by atoms with E-state index in [2.05, 4.69) is 10.6 Å². The molecule has 3 N–H and O–H groups in total. The van der Waals surface area contributed by atoms with Crippen LogP contribution >= 0.6 is 0 Å². The average molecular weight is 292 g/mol. The van der Waals surface area contributed by atoms with Crippen molar-refractivity contribution in [2.75, 3.05) is 12.4 Å². The van der Waals surface area contributed by atoms with E-state index in [0.717, 1.165) is 25.7 Å². The quantitative estimate of drug-likeness (QED) is 0.796. The van der Waals surface area contributed by atoms with Gasteiger partial charge in [0.2, 0.25) is 0 Å². The topological polar surface area (TPSA) is 87.7 Å². The zero-order valence-corrected chi connectivity index (χ0v) is 12.2. The fourth-order valence-electron chi connectivity index (χ4n) is 2.65. The molecule has 6 nitrogen and oxygen atoms in total. The van der Waals surface area contributed by atoms with Crippen molar-refractivity contribution in [3.63, 3.8) is 0 Å². The van der Waals surface area contributed by atoms with Gasteiger partial charge in [0.25, 0.3) is 0 Å². The summed E-state index contributed by atoms with van der Waals surface area (Å²) in [6.07, 6.45) is 4.11. The van der Waals surface area contributed by atoms with Crippen molar-refractivity contribution in [3.8, 4) is 5.75 Å². The molecule has 0 atom stereocenters. The summed E-state index contributed by atoms with van der Waals surface area (Å²) in [6, 6.07) is 4.00. The minimum Gasteiger partial charge on any atom is -0.495 e. The van der Waals surface area contributed by atoms with Crippen LogP contribution in [-0.4, -0.2) is 29.8 Å². The van der Waals surface area contributed by atoms with E-state index < -0.39 is 5.97 Å². The Balaban J connectivity index is 2.12. The maximum Gasteiger partial charge on any atom is 0.335 e. The van der Waals surface area contributed by atoms with Crippen molar-refractivity contribution in [2.45, 2.75) is 38.1 Å². The minimum absolute atomic E-state index is 0.0955. The number of benzene rings is 1. The number of carboxylic acid groups (broad SMARTS) is 1. The molecular formula is C15H20N2O4. The number of anilines is 1. The maximum absolute atomic E-state index is 12.1. The summed E-state index contributed by atoms with van der Waals surface area (Å²) in [5.74, 6) is -0.629. The number of nitrogens with one attached hydrogen (secondary N) is 2. The number of rotatable bonds is 4. The fraction of sp³-hybridized carbons (Fsp3) is 0.467. The zero-order valence-electron chi connectivity index (χ0n) is 12.2. The largest absolute Gasteiger partial charge is 0.495 e. The number of carbonyl (C=O) groups is 2. The fourth-order valence-corrected chi connectivity index (χ4v) is 2.65. The Morgan fingerprint density at radius 2 is 1.95 bits per heavy atom. The third kappa shape index (κ3) is 3.65. The van der Waals surface area contributed by atoms with Crippen LogP contribution in [0.4, 0.5) is 10.5 Å². The summed E-state index contributed by atoms with van der Waals surface area (Å²) < 4.78 is 5.14. The van der Waals surface area contributed by atoms with Crippen molar-refractivity contribution in [1.82, 2.24) is 5.32 Å². The molecule has 1 aliphatic carbocycles. The molecule has 114 valence electrons. The highest BCUT2D eigenvalue weighted by Gasteiger charge is 2.30. The van der Waals surface area contributed by atoms with E-state index in [1.54, 1.807) is 0 Å². The molecule has 2 amide bonds. The molecule has 1 fully saturated rings. The van der Waals surface area contributed by atoms with Gasteiger partial charge in [-0.25, -0.2) is 9.59 Å². The van der Waals surface area contributed by atoms with Crippen LogP contribution in [-0.2, 0) is 0 Å². The standard InChI is InChI=1S/C15H20N2O4/c1-15(7-3-4-8-15)17-14(20)16-11-9-10(13(18)19)5-6-12(11)21-2/h5-6,9H,3-4,7-8H2,1-2H3,(H,18,19)(H2,16,17,20). The molecule has 1 aromatic carbocycles. The van der Waals surface area contributed by atoms with Gasteiger partial charge >= 0.3 is 12.0 Å². The molecule has 0 unspecified atom stereocenters. The van der Waals surface area contributed by atoms with Gasteiger partial charge in [-0.3, -0.25) is 0 Å². The molecule has 0 bridgehead atoms. The lowest BCUT2D eigenvalue weighted by atomic mass is 10.0. The molecule has 0 aromatic heterocycles. The summed E-state index contributed by atoms with van der Waals surface area (Å²) in [5.41, 5.74) is 0.247. The Hall–Kier alpha value is -2.24. The monoisotopic (exact) mass is 292 g/mol. The van der Waals surface area contributed by atoms with Crippen LogP contribution in [0.15, 0.2) is 18.2 Å². The summed E-state index contributed by atoms with van der Waals surface area (Å²) >= 11 is 0. The summed E-state index contributed by atoms with van der Waals surface area (Å²) in [4.78, 5) is 23.1. The molecule has 0 heterocycles. The number of aromatic carboxylic acids is 1.